The number of ether oxygens (including phenoxy) is 2. The molecule has 1 aromatic carbocycles. The number of fused-ring (bicyclic) bond motifs is 1. The lowest BCUT2D eigenvalue weighted by atomic mass is 10.00. The van der Waals surface area contributed by atoms with E-state index in [0.717, 1.165) is 18.7 Å². The van der Waals surface area contributed by atoms with E-state index in [1.54, 1.807) is 23.1 Å². The molecule has 0 spiro atoms. The summed E-state index contributed by atoms with van der Waals surface area (Å²) in [5, 5.41) is 3.59. The standard InChI is InChI=1S/C35H47F3N6O4/c1-22-16-42(29(15-39-22)17-43-23(2)19-47-20-24(43)3)18-31(45)44-25(4)21-48-33-30(44)14-27(13-26-5-7-28(36)8-6-26)32(40-33)34(46)41-11-9-35(37,38)10-12-41/h5-8,14,22-25,29,39H,9-13,15-21H2,1-4H3/t22-,23-,24-,25?,29-/m1/s1. The van der Waals surface area contributed by atoms with Gasteiger partial charge in [-0.3, -0.25) is 19.4 Å². The molecule has 6 rings (SSSR count). The summed E-state index contributed by atoms with van der Waals surface area (Å²) in [5.74, 6) is -3.59. The Bertz CT molecular complexity index is 1460. The molecule has 262 valence electrons. The zero-order valence-corrected chi connectivity index (χ0v) is 28.3. The van der Waals surface area contributed by atoms with Crippen LogP contribution in [0.4, 0.5) is 18.9 Å². The monoisotopic (exact) mass is 672 g/mol. The molecule has 0 aliphatic carbocycles. The van der Waals surface area contributed by atoms with Crippen LogP contribution in [0.15, 0.2) is 30.3 Å². The fraction of sp³-hybridized carbons (Fsp3) is 0.629. The number of nitrogens with one attached hydrogen (secondary N) is 1. The quantitative estimate of drug-likeness (QED) is 0.478. The van der Waals surface area contributed by atoms with Gasteiger partial charge in [-0.1, -0.05) is 12.1 Å². The van der Waals surface area contributed by atoms with Gasteiger partial charge < -0.3 is 24.6 Å². The molecule has 13 heteroatoms. The molecule has 0 bridgehead atoms. The maximum absolute atomic E-state index is 14.3. The highest BCUT2D eigenvalue weighted by atomic mass is 19.3. The van der Waals surface area contributed by atoms with Crippen LogP contribution in [0.25, 0.3) is 0 Å². The molecule has 5 atom stereocenters. The summed E-state index contributed by atoms with van der Waals surface area (Å²) < 4.78 is 53.4. The number of amides is 2. The van der Waals surface area contributed by atoms with Crippen LogP contribution in [0.2, 0.25) is 0 Å². The molecule has 5 heterocycles. The molecular formula is C35H47F3N6O4. The summed E-state index contributed by atoms with van der Waals surface area (Å²) in [6.07, 6.45) is -0.597. The maximum Gasteiger partial charge on any atom is 0.272 e. The molecule has 48 heavy (non-hydrogen) atoms. The van der Waals surface area contributed by atoms with E-state index in [9.17, 15) is 22.8 Å². The van der Waals surface area contributed by atoms with Gasteiger partial charge in [0.15, 0.2) is 0 Å². The fourth-order valence-corrected chi connectivity index (χ4v) is 7.32. The molecule has 2 amide bonds. The van der Waals surface area contributed by atoms with Gasteiger partial charge >= 0.3 is 0 Å². The average Bonchev–Trinajstić information content (AvgIpc) is 3.04. The number of benzene rings is 1. The Morgan fingerprint density at radius 2 is 1.69 bits per heavy atom. The number of carbonyl (C=O) groups excluding carboxylic acids is 2. The van der Waals surface area contributed by atoms with Crippen LogP contribution in [-0.4, -0.2) is 127 Å². The highest BCUT2D eigenvalue weighted by Crippen LogP contribution is 2.36. The topological polar surface area (TPSA) is 90.5 Å². The number of anilines is 1. The van der Waals surface area contributed by atoms with E-state index in [2.05, 4.69) is 40.9 Å². The lowest BCUT2D eigenvalue weighted by Gasteiger charge is -2.46. The Balaban J connectivity index is 1.29. The van der Waals surface area contributed by atoms with Crippen LogP contribution < -0.4 is 15.0 Å². The van der Waals surface area contributed by atoms with Gasteiger partial charge in [0.25, 0.3) is 11.8 Å². The molecule has 0 saturated carbocycles. The van der Waals surface area contributed by atoms with E-state index in [4.69, 9.17) is 9.47 Å². The van der Waals surface area contributed by atoms with E-state index in [1.165, 1.54) is 17.0 Å². The summed E-state index contributed by atoms with van der Waals surface area (Å²) >= 11 is 0. The minimum Gasteiger partial charge on any atom is -0.474 e. The first kappa shape index (κ1) is 34.6. The Kier molecular flexibility index (Phi) is 10.3. The normalized spacial score (nSPS) is 28.1. The van der Waals surface area contributed by atoms with Crippen molar-refractivity contribution in [2.45, 2.75) is 83.1 Å². The molecule has 4 aliphatic rings. The maximum atomic E-state index is 14.3. The number of aromatic nitrogens is 1. The molecule has 1 unspecified atom stereocenters. The zero-order valence-electron chi connectivity index (χ0n) is 28.3. The number of pyridine rings is 1. The Morgan fingerprint density at radius 1 is 1.00 bits per heavy atom. The van der Waals surface area contributed by atoms with Crippen molar-refractivity contribution in [2.75, 3.05) is 64.0 Å². The molecule has 4 aliphatic heterocycles. The molecule has 3 saturated heterocycles. The zero-order chi connectivity index (χ0) is 34.2. The van der Waals surface area contributed by atoms with Crippen LogP contribution in [0.5, 0.6) is 5.88 Å². The summed E-state index contributed by atoms with van der Waals surface area (Å²) in [6.45, 7) is 12.3. The van der Waals surface area contributed by atoms with Crippen molar-refractivity contribution in [3.63, 3.8) is 0 Å². The summed E-state index contributed by atoms with van der Waals surface area (Å²) in [4.78, 5) is 40.6. The van der Waals surface area contributed by atoms with Gasteiger partial charge in [0.1, 0.15) is 23.8 Å². The van der Waals surface area contributed by atoms with Gasteiger partial charge in [0.2, 0.25) is 11.8 Å². The largest absolute Gasteiger partial charge is 0.474 e. The van der Waals surface area contributed by atoms with Crippen molar-refractivity contribution >= 4 is 17.5 Å². The highest BCUT2D eigenvalue weighted by molar-refractivity contribution is 5.99. The second kappa shape index (κ2) is 14.3. The van der Waals surface area contributed by atoms with Gasteiger partial charge in [-0.15, -0.1) is 0 Å². The molecule has 0 radical (unpaired) electrons. The minimum atomic E-state index is -2.81. The third kappa shape index (κ3) is 7.64. The van der Waals surface area contributed by atoms with Gasteiger partial charge in [0.05, 0.1) is 25.8 Å². The molecule has 1 aromatic heterocycles. The number of alkyl halides is 2. The number of hydrogen-bond donors (Lipinski definition) is 1. The highest BCUT2D eigenvalue weighted by Gasteiger charge is 2.39. The number of rotatable bonds is 7. The fourth-order valence-electron chi connectivity index (χ4n) is 7.32. The number of likely N-dealkylation sites (tertiary alicyclic amines) is 1. The smallest absolute Gasteiger partial charge is 0.272 e. The first-order chi connectivity index (χ1) is 22.9. The molecule has 1 N–H and O–H groups in total. The Morgan fingerprint density at radius 3 is 2.38 bits per heavy atom. The van der Waals surface area contributed by atoms with E-state index in [1.807, 2.05) is 6.92 Å². The van der Waals surface area contributed by atoms with E-state index < -0.39 is 24.7 Å². The second-order valence-corrected chi connectivity index (χ2v) is 14.0. The predicted molar refractivity (Wildman–Crippen MR) is 175 cm³/mol. The van der Waals surface area contributed by atoms with Gasteiger partial charge in [-0.05, 0) is 63.4 Å². The van der Waals surface area contributed by atoms with Crippen molar-refractivity contribution in [1.29, 1.82) is 0 Å². The minimum absolute atomic E-state index is 0.0879. The van der Waals surface area contributed by atoms with Crippen LogP contribution in [0.3, 0.4) is 0 Å². The van der Waals surface area contributed by atoms with Crippen molar-refractivity contribution < 1.29 is 32.2 Å². The molecular weight excluding hydrogens is 625 g/mol. The molecule has 3 fully saturated rings. The third-order valence-corrected chi connectivity index (χ3v) is 10.1. The van der Waals surface area contributed by atoms with Gasteiger partial charge in [0, 0.05) is 69.7 Å². The van der Waals surface area contributed by atoms with E-state index in [-0.39, 0.29) is 86.2 Å². The predicted octanol–water partition coefficient (Wildman–Crippen LogP) is 3.57. The Hall–Kier alpha value is -3.26. The van der Waals surface area contributed by atoms with E-state index >= 15 is 0 Å². The first-order valence-corrected chi connectivity index (χ1v) is 17.1. The summed E-state index contributed by atoms with van der Waals surface area (Å²) in [7, 11) is 0. The number of piperazine rings is 1. The summed E-state index contributed by atoms with van der Waals surface area (Å²) in [5.41, 5.74) is 1.81. The number of piperidine rings is 1. The Labute approximate surface area is 280 Å². The number of morpholine rings is 1. The lowest BCUT2D eigenvalue weighted by Crippen LogP contribution is -2.63. The van der Waals surface area contributed by atoms with Crippen molar-refractivity contribution in [3.8, 4) is 5.88 Å². The van der Waals surface area contributed by atoms with Crippen molar-refractivity contribution in [1.82, 2.24) is 25.0 Å². The number of halogens is 3. The third-order valence-electron chi connectivity index (χ3n) is 10.1. The number of nitrogens with zero attached hydrogens (tertiary/aromatic N) is 5. The van der Waals surface area contributed by atoms with Crippen molar-refractivity contribution in [3.05, 3.63) is 53.0 Å². The SMILES string of the molecule is CC1COc2nc(C(=O)N3CCC(F)(F)CC3)c(Cc3ccc(F)cc3)cc2N1C(=O)CN1C[C@@H](C)NC[C@@H]1CN1[C@H](C)COC[C@H]1C. The molecule has 2 aromatic rings. The van der Waals surface area contributed by atoms with Crippen LogP contribution >= 0.6 is 0 Å². The van der Waals surface area contributed by atoms with Crippen molar-refractivity contribution in [2.24, 2.45) is 0 Å². The second-order valence-electron chi connectivity index (χ2n) is 14.0. The van der Waals surface area contributed by atoms with E-state index in [0.29, 0.717) is 31.0 Å². The number of hydrogen-bond acceptors (Lipinski definition) is 8. The summed E-state index contributed by atoms with van der Waals surface area (Å²) in [6, 6.07) is 8.32. The van der Waals surface area contributed by atoms with Crippen LogP contribution in [0.1, 0.15) is 62.2 Å². The van der Waals surface area contributed by atoms with Crippen LogP contribution in [0, 0.1) is 5.82 Å². The molecule has 10 nitrogen and oxygen atoms in total. The first-order valence-electron chi connectivity index (χ1n) is 17.1. The lowest BCUT2D eigenvalue weighted by molar-refractivity contribution is -0.122. The average molecular weight is 673 g/mol. The van der Waals surface area contributed by atoms with Gasteiger partial charge in [-0.25, -0.2) is 18.2 Å². The van der Waals surface area contributed by atoms with Crippen LogP contribution in [-0.2, 0) is 16.0 Å². The number of carbonyl (C=O) groups is 2. The van der Waals surface area contributed by atoms with Gasteiger partial charge in [-0.2, -0.15) is 0 Å².